The summed E-state index contributed by atoms with van der Waals surface area (Å²) in [5.41, 5.74) is 1.68. The minimum Gasteiger partial charge on any atom is -0.497 e. The molecule has 1 unspecified atom stereocenters. The van der Waals surface area contributed by atoms with Crippen molar-refractivity contribution in [1.29, 1.82) is 0 Å². The Bertz CT molecular complexity index is 573. The van der Waals surface area contributed by atoms with Gasteiger partial charge in [0, 0.05) is 24.9 Å². The number of hydrogen-bond acceptors (Lipinski definition) is 3. The monoisotopic (exact) mass is 304 g/mol. The van der Waals surface area contributed by atoms with Crippen molar-refractivity contribution in [2.45, 2.75) is 11.8 Å². The van der Waals surface area contributed by atoms with E-state index in [4.69, 9.17) is 16.3 Å². The molecule has 4 nitrogen and oxygen atoms in total. The maximum atomic E-state index is 12.0. The number of rotatable bonds is 6. The van der Waals surface area contributed by atoms with Gasteiger partial charge in [-0.15, -0.1) is 11.6 Å². The van der Waals surface area contributed by atoms with E-state index in [1.165, 1.54) is 0 Å². The highest BCUT2D eigenvalue weighted by molar-refractivity contribution is 6.30. The van der Waals surface area contributed by atoms with Gasteiger partial charge in [0.15, 0.2) is 0 Å². The summed E-state index contributed by atoms with van der Waals surface area (Å²) in [6, 6.07) is 12.8. The summed E-state index contributed by atoms with van der Waals surface area (Å²) in [5, 5.41) is 2.11. The van der Waals surface area contributed by atoms with Crippen molar-refractivity contribution in [3.05, 3.63) is 59.9 Å². The Morgan fingerprint density at radius 2 is 2.05 bits per heavy atom. The van der Waals surface area contributed by atoms with E-state index in [1.807, 2.05) is 18.2 Å². The highest BCUT2D eigenvalue weighted by Crippen LogP contribution is 2.22. The molecule has 2 rings (SSSR count). The highest BCUT2D eigenvalue weighted by atomic mass is 35.5. The van der Waals surface area contributed by atoms with Crippen LogP contribution in [0.3, 0.4) is 0 Å². The van der Waals surface area contributed by atoms with Crippen LogP contribution >= 0.6 is 11.6 Å². The van der Waals surface area contributed by atoms with Gasteiger partial charge in [-0.25, -0.2) is 0 Å². The molecule has 0 aliphatic rings. The second-order valence-electron chi connectivity index (χ2n) is 4.50. The van der Waals surface area contributed by atoms with E-state index in [2.05, 4.69) is 10.3 Å². The third kappa shape index (κ3) is 4.46. The maximum Gasteiger partial charge on any atom is 0.242 e. The van der Waals surface area contributed by atoms with Crippen molar-refractivity contribution in [3.8, 4) is 5.75 Å². The van der Waals surface area contributed by atoms with Gasteiger partial charge in [-0.2, -0.15) is 0 Å². The minimum atomic E-state index is -0.709. The van der Waals surface area contributed by atoms with Gasteiger partial charge in [0.05, 0.1) is 7.11 Å². The van der Waals surface area contributed by atoms with E-state index in [-0.39, 0.29) is 5.91 Å². The Morgan fingerprint density at radius 3 is 2.67 bits per heavy atom. The number of pyridine rings is 1. The van der Waals surface area contributed by atoms with E-state index >= 15 is 0 Å². The van der Waals surface area contributed by atoms with E-state index in [9.17, 15) is 4.79 Å². The number of carbonyl (C=O) groups excluding carboxylic acids is 1. The van der Waals surface area contributed by atoms with E-state index < -0.39 is 5.38 Å². The highest BCUT2D eigenvalue weighted by Gasteiger charge is 2.17. The molecule has 0 saturated heterocycles. The number of halogens is 1. The summed E-state index contributed by atoms with van der Waals surface area (Å²) in [4.78, 5) is 16.2. The lowest BCUT2D eigenvalue weighted by Gasteiger charge is -2.11. The first-order valence-corrected chi connectivity index (χ1v) is 7.10. The summed E-state index contributed by atoms with van der Waals surface area (Å²) in [7, 11) is 1.59. The number of hydrogen-bond donors (Lipinski definition) is 1. The molecular formula is C16H17ClN2O2. The number of carbonyl (C=O) groups is 1. The van der Waals surface area contributed by atoms with Crippen LogP contribution in [0.25, 0.3) is 0 Å². The molecule has 0 spiro atoms. The molecule has 21 heavy (non-hydrogen) atoms. The zero-order valence-corrected chi connectivity index (χ0v) is 12.5. The normalized spacial score (nSPS) is 11.7. The van der Waals surface area contributed by atoms with Crippen LogP contribution in [0.15, 0.2) is 48.7 Å². The summed E-state index contributed by atoms with van der Waals surface area (Å²) in [6.07, 6.45) is 2.41. The first-order chi connectivity index (χ1) is 10.2. The number of benzene rings is 1. The zero-order chi connectivity index (χ0) is 15.1. The first-order valence-electron chi connectivity index (χ1n) is 6.66. The Hall–Kier alpha value is -2.07. The molecule has 0 fully saturated rings. The average Bonchev–Trinajstić information content (AvgIpc) is 2.55. The van der Waals surface area contributed by atoms with Gasteiger partial charge in [-0.1, -0.05) is 18.2 Å². The molecule has 1 amide bonds. The van der Waals surface area contributed by atoms with Crippen LogP contribution in [0.1, 0.15) is 16.6 Å². The number of nitrogens with zero attached hydrogens (tertiary/aromatic N) is 1. The third-order valence-corrected chi connectivity index (χ3v) is 3.50. The van der Waals surface area contributed by atoms with Crippen molar-refractivity contribution >= 4 is 17.5 Å². The smallest absolute Gasteiger partial charge is 0.242 e. The lowest BCUT2D eigenvalue weighted by Crippen LogP contribution is -2.29. The molecular weight excluding hydrogens is 288 g/mol. The van der Waals surface area contributed by atoms with Gasteiger partial charge in [-0.3, -0.25) is 9.78 Å². The fourth-order valence-corrected chi connectivity index (χ4v) is 2.10. The Balaban J connectivity index is 1.84. The van der Waals surface area contributed by atoms with Gasteiger partial charge in [0.2, 0.25) is 5.91 Å². The Morgan fingerprint density at radius 1 is 1.29 bits per heavy atom. The Kier molecular flexibility index (Phi) is 5.58. The van der Waals surface area contributed by atoms with E-state index in [0.717, 1.165) is 17.0 Å². The number of ether oxygens (including phenoxy) is 1. The molecule has 0 aliphatic carbocycles. The second-order valence-corrected chi connectivity index (χ2v) is 4.93. The number of alkyl halides is 1. The molecule has 1 heterocycles. The van der Waals surface area contributed by atoms with E-state index in [0.29, 0.717) is 13.0 Å². The van der Waals surface area contributed by atoms with Gasteiger partial charge in [-0.05, 0) is 29.8 Å². The van der Waals surface area contributed by atoms with Crippen LogP contribution in [0, 0.1) is 0 Å². The molecule has 1 aromatic carbocycles. The number of amides is 1. The van der Waals surface area contributed by atoms with Crippen molar-refractivity contribution in [1.82, 2.24) is 10.3 Å². The minimum absolute atomic E-state index is 0.210. The molecule has 0 aliphatic heterocycles. The first kappa shape index (κ1) is 15.3. The molecule has 2 aromatic rings. The standard InChI is InChI=1S/C16H17ClN2O2/c1-21-14-7-5-12(6-8-14)15(17)16(20)19-11-9-13-4-2-3-10-18-13/h2-8,10,15H,9,11H2,1H3,(H,19,20). The summed E-state index contributed by atoms with van der Waals surface area (Å²) in [5.74, 6) is 0.524. The SMILES string of the molecule is COc1ccc(C(Cl)C(=O)NCCc2ccccn2)cc1. The van der Waals surface area contributed by atoms with E-state index in [1.54, 1.807) is 37.6 Å². The average molecular weight is 305 g/mol. The predicted octanol–water partition coefficient (Wildman–Crippen LogP) is 2.73. The lowest BCUT2D eigenvalue weighted by atomic mass is 10.1. The molecule has 110 valence electrons. The van der Waals surface area contributed by atoms with Gasteiger partial charge in [0.25, 0.3) is 0 Å². The second kappa shape index (κ2) is 7.64. The van der Waals surface area contributed by atoms with Crippen molar-refractivity contribution in [2.24, 2.45) is 0 Å². The van der Waals surface area contributed by atoms with Crippen molar-refractivity contribution in [3.63, 3.8) is 0 Å². The zero-order valence-electron chi connectivity index (χ0n) is 11.8. The largest absolute Gasteiger partial charge is 0.497 e. The molecule has 0 bridgehead atoms. The molecule has 0 saturated carbocycles. The van der Waals surface area contributed by atoms with Crippen molar-refractivity contribution in [2.75, 3.05) is 13.7 Å². The fourth-order valence-electron chi connectivity index (χ4n) is 1.87. The summed E-state index contributed by atoms with van der Waals surface area (Å²) >= 11 is 6.17. The molecule has 1 aromatic heterocycles. The molecule has 1 atom stereocenters. The molecule has 5 heteroatoms. The quantitative estimate of drug-likeness (QED) is 0.835. The number of nitrogens with one attached hydrogen (secondary N) is 1. The molecule has 0 radical (unpaired) electrons. The van der Waals surface area contributed by atoms with Crippen LogP contribution in [0.4, 0.5) is 0 Å². The van der Waals surface area contributed by atoms with Gasteiger partial charge >= 0.3 is 0 Å². The summed E-state index contributed by atoms with van der Waals surface area (Å²) < 4.78 is 5.07. The summed E-state index contributed by atoms with van der Waals surface area (Å²) in [6.45, 7) is 0.509. The van der Waals surface area contributed by atoms with Crippen LogP contribution in [0.2, 0.25) is 0 Å². The third-order valence-electron chi connectivity index (χ3n) is 3.05. The fraction of sp³-hybridized carbons (Fsp3) is 0.250. The number of methoxy groups -OCH3 is 1. The van der Waals surface area contributed by atoms with Gasteiger partial charge < -0.3 is 10.1 Å². The van der Waals surface area contributed by atoms with Gasteiger partial charge in [0.1, 0.15) is 11.1 Å². The van der Waals surface area contributed by atoms with Crippen LogP contribution in [-0.2, 0) is 11.2 Å². The Labute approximate surface area is 129 Å². The van der Waals surface area contributed by atoms with Crippen LogP contribution in [-0.4, -0.2) is 24.5 Å². The number of aromatic nitrogens is 1. The van der Waals surface area contributed by atoms with Crippen LogP contribution < -0.4 is 10.1 Å². The maximum absolute atomic E-state index is 12.0. The topological polar surface area (TPSA) is 51.2 Å². The lowest BCUT2D eigenvalue weighted by molar-refractivity contribution is -0.120. The van der Waals surface area contributed by atoms with Crippen LogP contribution in [0.5, 0.6) is 5.75 Å². The van der Waals surface area contributed by atoms with Crippen molar-refractivity contribution < 1.29 is 9.53 Å². The predicted molar refractivity (Wildman–Crippen MR) is 82.5 cm³/mol. The molecule has 1 N–H and O–H groups in total.